The summed E-state index contributed by atoms with van der Waals surface area (Å²) in [7, 11) is 0. The fourth-order valence-corrected chi connectivity index (χ4v) is 5.95. The maximum Gasteiger partial charge on any atom is 0.344 e. The molecule has 1 unspecified atom stereocenters. The standard InChI is InChI=1S/C35H22N4O6/c40-35-29-28(21-9-6-10-23(15-21)41-17-20-7-2-1-3-8-20)30-33-37-32(22-13-14-26-27(16-22)43-19-42-26)38-39(33)18-36-34(30)45-31(29)24-11-4-5-12-25(24)44-35/h1-16,18,28H,17,19H2. The lowest BCUT2D eigenvalue weighted by Crippen LogP contribution is -2.22. The first-order chi connectivity index (χ1) is 22.2. The molecular weight excluding hydrogens is 572 g/mol. The van der Waals surface area contributed by atoms with Gasteiger partial charge in [-0.15, -0.1) is 5.10 Å². The van der Waals surface area contributed by atoms with Crippen LogP contribution in [-0.4, -0.2) is 26.4 Å². The summed E-state index contributed by atoms with van der Waals surface area (Å²) in [5, 5.41) is 5.39. The maximum absolute atomic E-state index is 13.8. The van der Waals surface area contributed by atoms with E-state index in [0.717, 1.165) is 16.7 Å². The van der Waals surface area contributed by atoms with Crippen molar-refractivity contribution in [2.75, 3.05) is 6.79 Å². The number of para-hydroxylation sites is 1. The Kier molecular flexibility index (Phi) is 5.61. The van der Waals surface area contributed by atoms with Gasteiger partial charge in [0.05, 0.1) is 22.4 Å². The van der Waals surface area contributed by atoms with Crippen LogP contribution in [0.3, 0.4) is 0 Å². The van der Waals surface area contributed by atoms with E-state index in [2.05, 4.69) is 4.98 Å². The lowest BCUT2D eigenvalue weighted by atomic mass is 9.84. The number of hydrogen-bond acceptors (Lipinski definition) is 9. The highest BCUT2D eigenvalue weighted by Gasteiger charge is 2.38. The molecule has 0 saturated heterocycles. The Labute approximate surface area is 255 Å². The van der Waals surface area contributed by atoms with Gasteiger partial charge in [0.2, 0.25) is 12.7 Å². The van der Waals surface area contributed by atoms with E-state index in [-0.39, 0.29) is 6.79 Å². The van der Waals surface area contributed by atoms with E-state index in [1.54, 1.807) is 16.9 Å². The van der Waals surface area contributed by atoms with Crippen LogP contribution in [-0.2, 0) is 6.61 Å². The molecule has 2 aliphatic heterocycles. The average Bonchev–Trinajstić information content (AvgIpc) is 3.74. The van der Waals surface area contributed by atoms with E-state index < -0.39 is 11.5 Å². The Morgan fingerprint density at radius 3 is 2.67 bits per heavy atom. The molecular formula is C35H22N4O6. The minimum absolute atomic E-state index is 0.165. The molecule has 3 aromatic heterocycles. The summed E-state index contributed by atoms with van der Waals surface area (Å²) < 4.78 is 31.1. The van der Waals surface area contributed by atoms with Crippen molar-refractivity contribution in [1.29, 1.82) is 0 Å². The lowest BCUT2D eigenvalue weighted by molar-refractivity contribution is 0.174. The van der Waals surface area contributed by atoms with Crippen LogP contribution in [0.5, 0.6) is 28.9 Å². The zero-order valence-electron chi connectivity index (χ0n) is 23.5. The molecule has 0 radical (unpaired) electrons. The molecule has 0 N–H and O–H groups in total. The van der Waals surface area contributed by atoms with Crippen LogP contribution in [0.1, 0.15) is 28.2 Å². The minimum Gasteiger partial charge on any atom is -0.489 e. The van der Waals surface area contributed by atoms with E-state index in [1.807, 2.05) is 91.0 Å². The molecule has 10 heteroatoms. The highest BCUT2D eigenvalue weighted by atomic mass is 16.7. The summed E-state index contributed by atoms with van der Waals surface area (Å²) in [6.45, 7) is 0.561. The van der Waals surface area contributed by atoms with Crippen LogP contribution in [0.25, 0.3) is 28.0 Å². The van der Waals surface area contributed by atoms with Gasteiger partial charge in [-0.05, 0) is 53.6 Å². The Balaban J connectivity index is 1.23. The molecule has 45 heavy (non-hydrogen) atoms. The third-order valence-electron chi connectivity index (χ3n) is 8.03. The predicted octanol–water partition coefficient (Wildman–Crippen LogP) is 6.49. The molecule has 0 fully saturated rings. The molecule has 0 saturated carbocycles. The van der Waals surface area contributed by atoms with Crippen molar-refractivity contribution in [3.05, 3.63) is 136 Å². The Bertz CT molecular complexity index is 2330. The summed E-state index contributed by atoms with van der Waals surface area (Å²) in [5.41, 5.74) is 3.93. The van der Waals surface area contributed by atoms with Crippen LogP contribution in [0, 0.1) is 0 Å². The van der Waals surface area contributed by atoms with Crippen LogP contribution in [0.15, 0.2) is 113 Å². The highest BCUT2D eigenvalue weighted by Crippen LogP contribution is 2.49. The number of nitrogens with zero attached hydrogens (tertiary/aromatic N) is 4. The van der Waals surface area contributed by atoms with Gasteiger partial charge in [-0.3, -0.25) is 0 Å². The molecule has 5 heterocycles. The summed E-state index contributed by atoms with van der Waals surface area (Å²) in [5.74, 6) is 2.49. The predicted molar refractivity (Wildman–Crippen MR) is 163 cm³/mol. The topological polar surface area (TPSA) is 110 Å². The Morgan fingerprint density at radius 2 is 1.73 bits per heavy atom. The number of aromatic nitrogens is 4. The summed E-state index contributed by atoms with van der Waals surface area (Å²) in [6.07, 6.45) is 1.56. The number of hydrogen-bond donors (Lipinski definition) is 0. The van der Waals surface area contributed by atoms with Gasteiger partial charge in [0.1, 0.15) is 24.3 Å². The first-order valence-electron chi connectivity index (χ1n) is 14.4. The largest absolute Gasteiger partial charge is 0.489 e. The van der Waals surface area contributed by atoms with E-state index >= 15 is 0 Å². The number of rotatable bonds is 5. The van der Waals surface area contributed by atoms with Crippen LogP contribution >= 0.6 is 0 Å². The van der Waals surface area contributed by atoms with Crippen molar-refractivity contribution in [2.24, 2.45) is 0 Å². The van der Waals surface area contributed by atoms with Gasteiger partial charge in [0, 0.05) is 5.56 Å². The van der Waals surface area contributed by atoms with Gasteiger partial charge in [0.15, 0.2) is 28.7 Å². The molecule has 0 spiro atoms. The van der Waals surface area contributed by atoms with Crippen molar-refractivity contribution in [1.82, 2.24) is 19.6 Å². The first-order valence-corrected chi connectivity index (χ1v) is 14.4. The van der Waals surface area contributed by atoms with Gasteiger partial charge in [-0.25, -0.2) is 19.3 Å². The highest BCUT2D eigenvalue weighted by molar-refractivity contribution is 5.87. The molecule has 0 bridgehead atoms. The molecule has 1 atom stereocenters. The Morgan fingerprint density at radius 1 is 0.867 bits per heavy atom. The van der Waals surface area contributed by atoms with E-state index in [9.17, 15) is 4.79 Å². The molecule has 4 aromatic carbocycles. The van der Waals surface area contributed by atoms with Crippen LogP contribution in [0.4, 0.5) is 0 Å². The fraction of sp³-hybridized carbons (Fsp3) is 0.0857. The van der Waals surface area contributed by atoms with E-state index in [1.165, 1.54) is 0 Å². The number of ether oxygens (including phenoxy) is 4. The Hall–Kier alpha value is -6.16. The molecule has 10 nitrogen and oxygen atoms in total. The third-order valence-corrected chi connectivity index (χ3v) is 8.03. The smallest absolute Gasteiger partial charge is 0.344 e. The fourth-order valence-electron chi connectivity index (χ4n) is 5.95. The van der Waals surface area contributed by atoms with Crippen LogP contribution in [0.2, 0.25) is 0 Å². The quantitative estimate of drug-likeness (QED) is 0.207. The van der Waals surface area contributed by atoms with Gasteiger partial charge in [0.25, 0.3) is 0 Å². The summed E-state index contributed by atoms with van der Waals surface area (Å²) in [4.78, 5) is 23.4. The van der Waals surface area contributed by atoms with Crippen molar-refractivity contribution in [3.63, 3.8) is 0 Å². The normalized spacial score (nSPS) is 14.6. The molecule has 7 aromatic rings. The zero-order chi connectivity index (χ0) is 29.9. The second-order valence-electron chi connectivity index (χ2n) is 10.7. The molecule has 9 rings (SSSR count). The van der Waals surface area contributed by atoms with Gasteiger partial charge < -0.3 is 23.4 Å². The molecule has 218 valence electrons. The van der Waals surface area contributed by atoms with Gasteiger partial charge in [-0.1, -0.05) is 54.6 Å². The zero-order valence-corrected chi connectivity index (χ0v) is 23.5. The third kappa shape index (κ3) is 4.18. The minimum atomic E-state index is -0.644. The van der Waals surface area contributed by atoms with Crippen molar-refractivity contribution >= 4 is 16.6 Å². The molecule has 2 aliphatic rings. The lowest BCUT2D eigenvalue weighted by Gasteiger charge is -2.27. The molecule has 0 aliphatic carbocycles. The number of fused-ring (bicyclic) bond motifs is 7. The summed E-state index contributed by atoms with van der Waals surface area (Å²) in [6, 6.07) is 30.5. The maximum atomic E-state index is 13.8. The van der Waals surface area contributed by atoms with E-state index in [4.69, 9.17) is 33.4 Å². The summed E-state index contributed by atoms with van der Waals surface area (Å²) >= 11 is 0. The SMILES string of the molecule is O=c1oc2ccccc2c2c1C(c1cccc(OCc3ccccc3)c1)c1c(ncn3nc(-c4ccc5c(c4)OCO5)nc13)O2. The van der Waals surface area contributed by atoms with Crippen LogP contribution < -0.4 is 24.6 Å². The number of benzene rings is 4. The van der Waals surface area contributed by atoms with Crippen molar-refractivity contribution < 1.29 is 23.4 Å². The van der Waals surface area contributed by atoms with Crippen molar-refractivity contribution in [3.8, 4) is 40.3 Å². The average molecular weight is 595 g/mol. The van der Waals surface area contributed by atoms with Crippen molar-refractivity contribution in [2.45, 2.75) is 12.5 Å². The second-order valence-corrected chi connectivity index (χ2v) is 10.7. The second kappa shape index (κ2) is 9.95. The van der Waals surface area contributed by atoms with E-state index in [0.29, 0.717) is 69.1 Å². The van der Waals surface area contributed by atoms with Gasteiger partial charge in [-0.2, -0.15) is 0 Å². The molecule has 0 amide bonds. The first kappa shape index (κ1) is 25.3. The van der Waals surface area contributed by atoms with Gasteiger partial charge >= 0.3 is 5.63 Å². The monoisotopic (exact) mass is 594 g/mol.